The van der Waals surface area contributed by atoms with Gasteiger partial charge in [-0.3, -0.25) is 0 Å². The minimum Gasteiger partial charge on any atom is -0.496 e. The fraction of sp³-hybridized carbons (Fsp3) is 0.0769. The van der Waals surface area contributed by atoms with Crippen molar-refractivity contribution in [3.8, 4) is 16.9 Å². The van der Waals surface area contributed by atoms with Crippen molar-refractivity contribution in [1.29, 1.82) is 0 Å². The van der Waals surface area contributed by atoms with Crippen LogP contribution in [0, 0.1) is 5.82 Å². The van der Waals surface area contributed by atoms with Crippen LogP contribution in [0.4, 0.5) is 10.1 Å². The largest absolute Gasteiger partial charge is 0.496 e. The van der Waals surface area contributed by atoms with Crippen molar-refractivity contribution in [2.24, 2.45) is 0 Å². The van der Waals surface area contributed by atoms with Crippen LogP contribution in [-0.2, 0) is 0 Å². The molecular formula is C13H11ClFNO. The van der Waals surface area contributed by atoms with Crippen LogP contribution < -0.4 is 10.5 Å². The van der Waals surface area contributed by atoms with E-state index >= 15 is 0 Å². The molecule has 0 heterocycles. The van der Waals surface area contributed by atoms with Gasteiger partial charge in [-0.25, -0.2) is 4.39 Å². The van der Waals surface area contributed by atoms with E-state index in [0.717, 1.165) is 0 Å². The van der Waals surface area contributed by atoms with Gasteiger partial charge in [0.15, 0.2) is 0 Å². The van der Waals surface area contributed by atoms with Gasteiger partial charge in [0.25, 0.3) is 0 Å². The third-order valence-electron chi connectivity index (χ3n) is 2.47. The monoisotopic (exact) mass is 251 g/mol. The minimum absolute atomic E-state index is 0.338. The number of rotatable bonds is 2. The Balaban J connectivity index is 2.62. The van der Waals surface area contributed by atoms with Crippen LogP contribution in [0.3, 0.4) is 0 Å². The van der Waals surface area contributed by atoms with Crippen molar-refractivity contribution in [2.75, 3.05) is 12.8 Å². The minimum atomic E-state index is -0.338. The molecule has 88 valence electrons. The standard InChI is InChI=1S/C13H11ClFNO/c1-17-13-5-3-9(15)7-11(13)10-4-2-8(14)6-12(10)16/h2-7H,16H2,1H3. The molecule has 2 rings (SSSR count). The highest BCUT2D eigenvalue weighted by molar-refractivity contribution is 6.31. The first-order valence-electron chi connectivity index (χ1n) is 5.01. The molecule has 0 amide bonds. The van der Waals surface area contributed by atoms with Gasteiger partial charge >= 0.3 is 0 Å². The van der Waals surface area contributed by atoms with Gasteiger partial charge in [0.05, 0.1) is 7.11 Å². The molecule has 4 heteroatoms. The highest BCUT2D eigenvalue weighted by Gasteiger charge is 2.10. The third-order valence-corrected chi connectivity index (χ3v) is 2.70. The van der Waals surface area contributed by atoms with E-state index in [-0.39, 0.29) is 5.82 Å². The molecule has 17 heavy (non-hydrogen) atoms. The number of halogens is 2. The Morgan fingerprint density at radius 2 is 1.88 bits per heavy atom. The average Bonchev–Trinajstić information content (AvgIpc) is 2.29. The Kier molecular flexibility index (Phi) is 3.20. The van der Waals surface area contributed by atoms with Crippen molar-refractivity contribution in [3.05, 3.63) is 47.2 Å². The molecular weight excluding hydrogens is 241 g/mol. The van der Waals surface area contributed by atoms with Crippen molar-refractivity contribution < 1.29 is 9.13 Å². The number of nitrogen functional groups attached to an aromatic ring is 1. The van der Waals surface area contributed by atoms with E-state index in [4.69, 9.17) is 22.1 Å². The summed E-state index contributed by atoms with van der Waals surface area (Å²) < 4.78 is 18.4. The molecule has 2 aromatic carbocycles. The summed E-state index contributed by atoms with van der Waals surface area (Å²) in [6, 6.07) is 9.37. The van der Waals surface area contributed by atoms with E-state index in [1.54, 1.807) is 24.3 Å². The van der Waals surface area contributed by atoms with Crippen molar-refractivity contribution in [2.45, 2.75) is 0 Å². The molecule has 0 aliphatic heterocycles. The summed E-state index contributed by atoms with van der Waals surface area (Å²) in [6.07, 6.45) is 0. The summed E-state index contributed by atoms with van der Waals surface area (Å²) in [6.45, 7) is 0. The number of hydrogen-bond donors (Lipinski definition) is 1. The van der Waals surface area contributed by atoms with Crippen LogP contribution in [0.25, 0.3) is 11.1 Å². The van der Waals surface area contributed by atoms with Gasteiger partial charge < -0.3 is 10.5 Å². The maximum absolute atomic E-state index is 13.3. The van der Waals surface area contributed by atoms with Gasteiger partial charge in [-0.2, -0.15) is 0 Å². The van der Waals surface area contributed by atoms with E-state index in [1.165, 1.54) is 19.2 Å². The topological polar surface area (TPSA) is 35.2 Å². The van der Waals surface area contributed by atoms with E-state index < -0.39 is 0 Å². The normalized spacial score (nSPS) is 10.3. The van der Waals surface area contributed by atoms with Gasteiger partial charge in [-0.05, 0) is 30.3 Å². The second kappa shape index (κ2) is 4.63. The van der Waals surface area contributed by atoms with Gasteiger partial charge in [0, 0.05) is 21.8 Å². The van der Waals surface area contributed by atoms with Crippen LogP contribution >= 0.6 is 11.6 Å². The van der Waals surface area contributed by atoms with E-state index in [9.17, 15) is 4.39 Å². The SMILES string of the molecule is COc1ccc(F)cc1-c1ccc(Cl)cc1N. The van der Waals surface area contributed by atoms with Crippen molar-refractivity contribution >= 4 is 17.3 Å². The molecule has 0 radical (unpaired) electrons. The summed E-state index contributed by atoms with van der Waals surface area (Å²) >= 11 is 5.82. The fourth-order valence-corrected chi connectivity index (χ4v) is 1.85. The Labute approximate surface area is 104 Å². The second-order valence-electron chi connectivity index (χ2n) is 3.58. The van der Waals surface area contributed by atoms with Crippen LogP contribution in [0.5, 0.6) is 5.75 Å². The van der Waals surface area contributed by atoms with Crippen LogP contribution in [-0.4, -0.2) is 7.11 Å². The Bertz CT molecular complexity index is 557. The molecule has 0 atom stereocenters. The third kappa shape index (κ3) is 2.34. The first-order chi connectivity index (χ1) is 8.11. The number of nitrogens with two attached hydrogens (primary N) is 1. The Morgan fingerprint density at radius 3 is 2.53 bits per heavy atom. The van der Waals surface area contributed by atoms with Crippen LogP contribution in [0.15, 0.2) is 36.4 Å². The lowest BCUT2D eigenvalue weighted by Gasteiger charge is -2.11. The fourth-order valence-electron chi connectivity index (χ4n) is 1.67. The molecule has 0 saturated heterocycles. The Morgan fingerprint density at radius 1 is 1.12 bits per heavy atom. The lowest BCUT2D eigenvalue weighted by atomic mass is 10.0. The molecule has 0 aromatic heterocycles. The highest BCUT2D eigenvalue weighted by Crippen LogP contribution is 2.35. The van der Waals surface area contributed by atoms with Gasteiger partial charge in [0.1, 0.15) is 11.6 Å². The smallest absolute Gasteiger partial charge is 0.126 e. The first-order valence-corrected chi connectivity index (χ1v) is 5.38. The first kappa shape index (κ1) is 11.7. The zero-order valence-electron chi connectivity index (χ0n) is 9.21. The van der Waals surface area contributed by atoms with Gasteiger partial charge in [-0.1, -0.05) is 17.7 Å². The number of methoxy groups -OCH3 is 1. The molecule has 2 aromatic rings. The zero-order chi connectivity index (χ0) is 12.4. The lowest BCUT2D eigenvalue weighted by molar-refractivity contribution is 0.415. The summed E-state index contributed by atoms with van der Waals surface area (Å²) in [5.74, 6) is 0.232. The molecule has 0 saturated carbocycles. The lowest BCUT2D eigenvalue weighted by Crippen LogP contribution is -1.94. The molecule has 0 unspecified atom stereocenters. The predicted octanol–water partition coefficient (Wildman–Crippen LogP) is 3.74. The molecule has 0 aliphatic carbocycles. The van der Waals surface area contributed by atoms with Crippen LogP contribution in [0.1, 0.15) is 0 Å². The zero-order valence-corrected chi connectivity index (χ0v) is 9.96. The quantitative estimate of drug-likeness (QED) is 0.826. The average molecular weight is 252 g/mol. The van der Waals surface area contributed by atoms with Gasteiger partial charge in [0.2, 0.25) is 0 Å². The molecule has 2 nitrogen and oxygen atoms in total. The Hall–Kier alpha value is -1.74. The number of anilines is 1. The van der Waals surface area contributed by atoms with E-state index in [1.807, 2.05) is 0 Å². The maximum Gasteiger partial charge on any atom is 0.126 e. The van der Waals surface area contributed by atoms with Gasteiger partial charge in [-0.15, -0.1) is 0 Å². The molecule has 2 N–H and O–H groups in total. The summed E-state index contributed by atoms with van der Waals surface area (Å²) in [5.41, 5.74) is 7.66. The van der Waals surface area contributed by atoms with Crippen LogP contribution in [0.2, 0.25) is 5.02 Å². The molecule has 0 spiro atoms. The van der Waals surface area contributed by atoms with E-state index in [0.29, 0.717) is 27.6 Å². The van der Waals surface area contributed by atoms with Crippen molar-refractivity contribution in [3.63, 3.8) is 0 Å². The summed E-state index contributed by atoms with van der Waals surface area (Å²) in [5, 5.41) is 0.543. The molecule has 0 bridgehead atoms. The highest BCUT2D eigenvalue weighted by atomic mass is 35.5. The summed E-state index contributed by atoms with van der Waals surface area (Å²) in [4.78, 5) is 0. The number of benzene rings is 2. The van der Waals surface area contributed by atoms with E-state index in [2.05, 4.69) is 0 Å². The summed E-state index contributed by atoms with van der Waals surface area (Å²) in [7, 11) is 1.53. The predicted molar refractivity (Wildman–Crippen MR) is 67.8 cm³/mol. The number of ether oxygens (including phenoxy) is 1. The maximum atomic E-state index is 13.3. The molecule has 0 fully saturated rings. The second-order valence-corrected chi connectivity index (χ2v) is 4.01. The molecule has 0 aliphatic rings. The van der Waals surface area contributed by atoms with Crippen molar-refractivity contribution in [1.82, 2.24) is 0 Å². The number of hydrogen-bond acceptors (Lipinski definition) is 2.